The molecule has 1 heterocycles. The fourth-order valence-electron chi connectivity index (χ4n) is 2.36. The molecule has 0 aromatic heterocycles. The molecular formula is C15H28N2O3. The first kappa shape index (κ1) is 16.8. The van der Waals surface area contributed by atoms with Crippen LogP contribution < -0.4 is 5.32 Å². The van der Waals surface area contributed by atoms with Crippen LogP contribution in [0, 0.1) is 5.92 Å². The minimum Gasteiger partial charge on any atom is -0.444 e. The SMILES string of the molecule is CC(CNC(=O)OC(C)(C)C)CC(=O)N1CCCC1C. The summed E-state index contributed by atoms with van der Waals surface area (Å²) in [6, 6.07) is 0.355. The van der Waals surface area contributed by atoms with Gasteiger partial charge in [-0.3, -0.25) is 4.79 Å². The number of alkyl carbamates (subject to hydrolysis) is 1. The van der Waals surface area contributed by atoms with Gasteiger partial charge in [0.05, 0.1) is 0 Å². The molecule has 1 N–H and O–H groups in total. The third-order valence-corrected chi connectivity index (χ3v) is 3.39. The number of amides is 2. The van der Waals surface area contributed by atoms with Gasteiger partial charge in [0, 0.05) is 25.6 Å². The molecule has 0 saturated carbocycles. The maximum absolute atomic E-state index is 12.1. The highest BCUT2D eigenvalue weighted by atomic mass is 16.6. The Morgan fingerprint density at radius 3 is 2.55 bits per heavy atom. The van der Waals surface area contributed by atoms with Crippen LogP contribution >= 0.6 is 0 Å². The topological polar surface area (TPSA) is 58.6 Å². The molecule has 0 aromatic carbocycles. The maximum Gasteiger partial charge on any atom is 0.407 e. The fraction of sp³-hybridized carbons (Fsp3) is 0.867. The van der Waals surface area contributed by atoms with Crippen molar-refractivity contribution < 1.29 is 14.3 Å². The highest BCUT2D eigenvalue weighted by molar-refractivity contribution is 5.77. The van der Waals surface area contributed by atoms with Gasteiger partial charge in [-0.05, 0) is 46.5 Å². The second kappa shape index (κ2) is 6.95. The predicted octanol–water partition coefficient (Wildman–Crippen LogP) is 2.55. The molecule has 2 atom stereocenters. The van der Waals surface area contributed by atoms with Crippen LogP contribution in [-0.2, 0) is 9.53 Å². The summed E-state index contributed by atoms with van der Waals surface area (Å²) in [7, 11) is 0. The van der Waals surface area contributed by atoms with E-state index in [2.05, 4.69) is 12.2 Å². The summed E-state index contributed by atoms with van der Waals surface area (Å²) in [6.45, 7) is 10.9. The van der Waals surface area contributed by atoms with Crippen LogP contribution in [0.15, 0.2) is 0 Å². The zero-order valence-electron chi connectivity index (χ0n) is 13.4. The Hall–Kier alpha value is -1.26. The van der Waals surface area contributed by atoms with Crippen molar-refractivity contribution in [2.75, 3.05) is 13.1 Å². The molecular weight excluding hydrogens is 256 g/mol. The molecule has 116 valence electrons. The molecule has 0 aliphatic carbocycles. The molecule has 1 rings (SSSR count). The Bertz CT molecular complexity index is 350. The Kier molecular flexibility index (Phi) is 5.84. The molecule has 2 amide bonds. The lowest BCUT2D eigenvalue weighted by Gasteiger charge is -2.24. The zero-order chi connectivity index (χ0) is 15.3. The van der Waals surface area contributed by atoms with Crippen molar-refractivity contribution in [2.24, 2.45) is 5.92 Å². The van der Waals surface area contributed by atoms with Crippen LogP contribution in [0.4, 0.5) is 4.79 Å². The molecule has 1 fully saturated rings. The van der Waals surface area contributed by atoms with Gasteiger partial charge in [0.25, 0.3) is 0 Å². The summed E-state index contributed by atoms with van der Waals surface area (Å²) in [6.07, 6.45) is 2.24. The van der Waals surface area contributed by atoms with Gasteiger partial charge in [-0.2, -0.15) is 0 Å². The Morgan fingerprint density at radius 2 is 2.05 bits per heavy atom. The minimum absolute atomic E-state index is 0.114. The standard InChI is InChI=1S/C15H28N2O3/c1-11(10-16-14(19)20-15(3,4)5)9-13(18)17-8-6-7-12(17)2/h11-12H,6-10H2,1-5H3,(H,16,19). The maximum atomic E-state index is 12.1. The monoisotopic (exact) mass is 284 g/mol. The van der Waals surface area contributed by atoms with Gasteiger partial charge in [-0.25, -0.2) is 4.79 Å². The van der Waals surface area contributed by atoms with Gasteiger partial charge in [0.1, 0.15) is 5.60 Å². The lowest BCUT2D eigenvalue weighted by Crippen LogP contribution is -2.38. The number of likely N-dealkylation sites (tertiary alicyclic amines) is 1. The van der Waals surface area contributed by atoms with Crippen LogP contribution in [0.2, 0.25) is 0 Å². The largest absolute Gasteiger partial charge is 0.444 e. The Labute approximate surface area is 122 Å². The summed E-state index contributed by atoms with van der Waals surface area (Å²) in [4.78, 5) is 25.6. The van der Waals surface area contributed by atoms with Crippen molar-refractivity contribution >= 4 is 12.0 Å². The van der Waals surface area contributed by atoms with Gasteiger partial charge in [0.15, 0.2) is 0 Å². The van der Waals surface area contributed by atoms with E-state index in [1.54, 1.807) is 0 Å². The molecule has 1 aliphatic heterocycles. The highest BCUT2D eigenvalue weighted by Crippen LogP contribution is 2.18. The molecule has 0 spiro atoms. The van der Waals surface area contributed by atoms with E-state index in [1.807, 2.05) is 32.6 Å². The predicted molar refractivity (Wildman–Crippen MR) is 78.4 cm³/mol. The van der Waals surface area contributed by atoms with Crippen molar-refractivity contribution in [2.45, 2.75) is 65.5 Å². The molecule has 0 bridgehead atoms. The molecule has 5 heteroatoms. The summed E-state index contributed by atoms with van der Waals surface area (Å²) in [5.74, 6) is 0.302. The molecule has 5 nitrogen and oxygen atoms in total. The third kappa shape index (κ3) is 5.80. The van der Waals surface area contributed by atoms with Gasteiger partial charge < -0.3 is 15.0 Å². The van der Waals surface area contributed by atoms with E-state index < -0.39 is 11.7 Å². The number of nitrogens with zero attached hydrogens (tertiary/aromatic N) is 1. The molecule has 20 heavy (non-hydrogen) atoms. The summed E-state index contributed by atoms with van der Waals surface area (Å²) >= 11 is 0. The lowest BCUT2D eigenvalue weighted by molar-refractivity contribution is -0.132. The summed E-state index contributed by atoms with van der Waals surface area (Å²) in [5.41, 5.74) is -0.492. The molecule has 2 unspecified atom stereocenters. The average molecular weight is 284 g/mol. The van der Waals surface area contributed by atoms with Crippen molar-refractivity contribution in [1.29, 1.82) is 0 Å². The minimum atomic E-state index is -0.492. The normalized spacial score (nSPS) is 20.6. The van der Waals surface area contributed by atoms with Crippen molar-refractivity contribution in [1.82, 2.24) is 10.2 Å². The van der Waals surface area contributed by atoms with E-state index in [0.29, 0.717) is 19.0 Å². The molecule has 1 saturated heterocycles. The fourth-order valence-corrected chi connectivity index (χ4v) is 2.36. The summed E-state index contributed by atoms with van der Waals surface area (Å²) < 4.78 is 5.16. The van der Waals surface area contributed by atoms with Gasteiger partial charge in [0.2, 0.25) is 5.91 Å². The van der Waals surface area contributed by atoms with Crippen LogP contribution in [0.25, 0.3) is 0 Å². The van der Waals surface area contributed by atoms with Gasteiger partial charge in [-0.1, -0.05) is 6.92 Å². The number of nitrogens with one attached hydrogen (secondary N) is 1. The first-order valence-corrected chi connectivity index (χ1v) is 7.45. The number of carbonyl (C=O) groups is 2. The second-order valence-corrected chi connectivity index (χ2v) is 6.77. The van der Waals surface area contributed by atoms with Gasteiger partial charge >= 0.3 is 6.09 Å². The first-order valence-electron chi connectivity index (χ1n) is 7.45. The lowest BCUT2D eigenvalue weighted by atomic mass is 10.1. The van der Waals surface area contributed by atoms with E-state index in [-0.39, 0.29) is 11.8 Å². The zero-order valence-corrected chi connectivity index (χ0v) is 13.4. The number of hydrogen-bond acceptors (Lipinski definition) is 3. The highest BCUT2D eigenvalue weighted by Gasteiger charge is 2.26. The van der Waals surface area contributed by atoms with E-state index in [4.69, 9.17) is 4.74 Å². The molecule has 0 radical (unpaired) electrons. The number of ether oxygens (including phenoxy) is 1. The van der Waals surface area contributed by atoms with E-state index >= 15 is 0 Å². The number of hydrogen-bond donors (Lipinski definition) is 1. The molecule has 0 aromatic rings. The first-order chi connectivity index (χ1) is 9.19. The van der Waals surface area contributed by atoms with Gasteiger partial charge in [-0.15, -0.1) is 0 Å². The third-order valence-electron chi connectivity index (χ3n) is 3.39. The number of carbonyl (C=O) groups excluding carboxylic acids is 2. The quantitative estimate of drug-likeness (QED) is 0.863. The van der Waals surface area contributed by atoms with E-state index in [9.17, 15) is 9.59 Å². The van der Waals surface area contributed by atoms with E-state index in [1.165, 1.54) is 0 Å². The van der Waals surface area contributed by atoms with Crippen LogP contribution in [0.5, 0.6) is 0 Å². The molecule has 1 aliphatic rings. The smallest absolute Gasteiger partial charge is 0.407 e. The van der Waals surface area contributed by atoms with Crippen molar-refractivity contribution in [3.63, 3.8) is 0 Å². The summed E-state index contributed by atoms with van der Waals surface area (Å²) in [5, 5.41) is 2.71. The van der Waals surface area contributed by atoms with Crippen molar-refractivity contribution in [3.8, 4) is 0 Å². The van der Waals surface area contributed by atoms with E-state index in [0.717, 1.165) is 19.4 Å². The second-order valence-electron chi connectivity index (χ2n) is 6.77. The average Bonchev–Trinajstić information content (AvgIpc) is 2.70. The van der Waals surface area contributed by atoms with Crippen LogP contribution in [0.1, 0.15) is 53.9 Å². The number of rotatable bonds is 4. The Morgan fingerprint density at radius 1 is 1.40 bits per heavy atom. The van der Waals surface area contributed by atoms with Crippen LogP contribution in [0.3, 0.4) is 0 Å². The van der Waals surface area contributed by atoms with Crippen molar-refractivity contribution in [3.05, 3.63) is 0 Å². The van der Waals surface area contributed by atoms with Crippen LogP contribution in [-0.4, -0.2) is 41.6 Å². The Balaban J connectivity index is 2.28.